The van der Waals surface area contributed by atoms with Crippen LogP contribution in [0.25, 0.3) is 11.4 Å². The molecule has 6 nitrogen and oxygen atoms in total. The van der Waals surface area contributed by atoms with Crippen LogP contribution in [0.5, 0.6) is 0 Å². The fourth-order valence-electron chi connectivity index (χ4n) is 5.56. The minimum absolute atomic E-state index is 0.00641. The van der Waals surface area contributed by atoms with Gasteiger partial charge in [0.2, 0.25) is 0 Å². The highest BCUT2D eigenvalue weighted by atomic mass is 16.2. The molecular weight excluding hydrogens is 410 g/mol. The van der Waals surface area contributed by atoms with Crippen molar-refractivity contribution >= 4 is 11.7 Å². The second-order valence-corrected chi connectivity index (χ2v) is 9.66. The predicted molar refractivity (Wildman–Crippen MR) is 131 cm³/mol. The van der Waals surface area contributed by atoms with Crippen LogP contribution < -0.4 is 10.2 Å². The topological polar surface area (TPSA) is 61.4 Å². The van der Waals surface area contributed by atoms with E-state index in [4.69, 9.17) is 0 Å². The predicted octanol–water partition coefficient (Wildman–Crippen LogP) is 4.75. The number of benzene rings is 1. The number of amides is 2. The Morgan fingerprint density at radius 3 is 2.30 bits per heavy atom. The number of carbonyl (C=O) groups is 1. The summed E-state index contributed by atoms with van der Waals surface area (Å²) in [5.74, 6) is 0. The quantitative estimate of drug-likeness (QED) is 0.635. The molecule has 6 heteroatoms. The van der Waals surface area contributed by atoms with Crippen LogP contribution in [0, 0.1) is 6.92 Å². The van der Waals surface area contributed by atoms with Gasteiger partial charge in [-0.15, -0.1) is 0 Å². The molecule has 1 saturated heterocycles. The highest BCUT2D eigenvalue weighted by molar-refractivity contribution is 5.96. The Morgan fingerprint density at radius 2 is 1.67 bits per heavy atom. The molecule has 3 aromatic rings. The lowest BCUT2D eigenvalue weighted by molar-refractivity contribution is 0.0658. The average molecular weight is 442 g/mol. The maximum Gasteiger partial charge on any atom is 0.322 e. The number of urea groups is 1. The van der Waals surface area contributed by atoms with Crippen molar-refractivity contribution in [1.29, 1.82) is 0 Å². The summed E-state index contributed by atoms with van der Waals surface area (Å²) in [5, 5.41) is 3.35. The van der Waals surface area contributed by atoms with E-state index < -0.39 is 0 Å². The monoisotopic (exact) mass is 441 g/mol. The van der Waals surface area contributed by atoms with E-state index in [2.05, 4.69) is 64.6 Å². The third-order valence-electron chi connectivity index (χ3n) is 7.58. The molecule has 33 heavy (non-hydrogen) atoms. The second kappa shape index (κ2) is 8.27. The van der Waals surface area contributed by atoms with Gasteiger partial charge in [0.25, 0.3) is 0 Å². The Bertz CT molecular complexity index is 1140. The highest BCUT2D eigenvalue weighted by Crippen LogP contribution is 2.46. The fourth-order valence-corrected chi connectivity index (χ4v) is 5.56. The lowest BCUT2D eigenvalue weighted by Crippen LogP contribution is -2.54. The molecule has 1 aromatic carbocycles. The fraction of sp³-hybridized carbons (Fsp3) is 0.370. The Balaban J connectivity index is 1.36. The third kappa shape index (κ3) is 3.78. The van der Waals surface area contributed by atoms with Crippen molar-refractivity contribution in [3.63, 3.8) is 0 Å². The summed E-state index contributed by atoms with van der Waals surface area (Å²) < 4.78 is 0. The maximum absolute atomic E-state index is 13.1. The molecule has 5 rings (SSSR count). The molecule has 2 aromatic heterocycles. The average Bonchev–Trinajstić information content (AvgIpc) is 3.16. The summed E-state index contributed by atoms with van der Waals surface area (Å²) in [6.45, 7) is 2.71. The first-order chi connectivity index (χ1) is 15.9. The number of aryl methyl sites for hydroxylation is 1. The van der Waals surface area contributed by atoms with E-state index in [0.29, 0.717) is 6.54 Å². The van der Waals surface area contributed by atoms with Crippen LogP contribution in [0.3, 0.4) is 0 Å². The number of aromatic nitrogens is 2. The van der Waals surface area contributed by atoms with Crippen LogP contribution in [0.15, 0.2) is 67.0 Å². The van der Waals surface area contributed by atoms with Gasteiger partial charge in [0, 0.05) is 11.7 Å². The summed E-state index contributed by atoms with van der Waals surface area (Å²) in [4.78, 5) is 26.3. The van der Waals surface area contributed by atoms with E-state index in [9.17, 15) is 4.79 Å². The van der Waals surface area contributed by atoms with Crippen LogP contribution in [0.2, 0.25) is 0 Å². The largest absolute Gasteiger partial charge is 0.330 e. The van der Waals surface area contributed by atoms with Gasteiger partial charge in [-0.2, -0.15) is 0 Å². The van der Waals surface area contributed by atoms with Crippen molar-refractivity contribution in [3.8, 4) is 11.4 Å². The number of nitrogens with zero attached hydrogens (tertiary/aromatic N) is 4. The molecule has 3 heterocycles. The van der Waals surface area contributed by atoms with Crippen LogP contribution >= 0.6 is 0 Å². The molecule has 0 atom stereocenters. The van der Waals surface area contributed by atoms with Gasteiger partial charge in [-0.3, -0.25) is 19.8 Å². The maximum atomic E-state index is 13.1. The van der Waals surface area contributed by atoms with E-state index in [0.717, 1.165) is 48.3 Å². The minimum atomic E-state index is -0.197. The van der Waals surface area contributed by atoms with Crippen molar-refractivity contribution in [2.75, 3.05) is 25.5 Å². The zero-order valence-electron chi connectivity index (χ0n) is 19.6. The summed E-state index contributed by atoms with van der Waals surface area (Å²) >= 11 is 0. The molecule has 0 unspecified atom stereocenters. The second-order valence-electron chi connectivity index (χ2n) is 9.66. The Labute approximate surface area is 195 Å². The lowest BCUT2D eigenvalue weighted by Gasteiger charge is -2.48. The van der Waals surface area contributed by atoms with E-state index in [1.54, 1.807) is 6.20 Å². The van der Waals surface area contributed by atoms with Crippen LogP contribution in [0.4, 0.5) is 10.5 Å². The number of hydrogen-bond acceptors (Lipinski definition) is 4. The van der Waals surface area contributed by atoms with Crippen LogP contribution in [-0.4, -0.2) is 47.1 Å². The number of carbonyl (C=O) groups excluding carboxylic acids is 1. The van der Waals surface area contributed by atoms with Gasteiger partial charge in [0.05, 0.1) is 35.4 Å². The first kappa shape index (κ1) is 21.6. The van der Waals surface area contributed by atoms with Gasteiger partial charge in [-0.25, -0.2) is 4.79 Å². The van der Waals surface area contributed by atoms with E-state index in [-0.39, 0.29) is 17.1 Å². The summed E-state index contributed by atoms with van der Waals surface area (Å²) in [6.07, 6.45) is 7.49. The Morgan fingerprint density at radius 1 is 0.939 bits per heavy atom. The lowest BCUT2D eigenvalue weighted by atomic mass is 9.69. The standard InChI is InChI=1S/C27H31N5O/c1-20-17-23(22-11-7-8-16-28-22)29-18-24(20)32-19-26(30-25(32)33)12-14-27(15-13-26,31(2)3)21-9-5-4-6-10-21/h4-11,16-18H,12-15,19H2,1-3H3,(H,30,33). The smallest absolute Gasteiger partial charge is 0.322 e. The Hall–Kier alpha value is -3.25. The van der Waals surface area contributed by atoms with Crippen molar-refractivity contribution < 1.29 is 4.79 Å². The molecule has 2 fully saturated rings. The van der Waals surface area contributed by atoms with Gasteiger partial charge < -0.3 is 5.32 Å². The van der Waals surface area contributed by atoms with Crippen LogP contribution in [-0.2, 0) is 5.54 Å². The molecule has 2 aliphatic rings. The van der Waals surface area contributed by atoms with Crippen molar-refractivity contribution in [2.24, 2.45) is 0 Å². The number of rotatable bonds is 4. The molecule has 0 radical (unpaired) electrons. The first-order valence-corrected chi connectivity index (χ1v) is 11.6. The van der Waals surface area contributed by atoms with E-state index in [1.165, 1.54) is 5.56 Å². The highest BCUT2D eigenvalue weighted by Gasteiger charge is 2.50. The normalized spacial score (nSPS) is 25.0. The number of anilines is 1. The molecule has 0 bridgehead atoms. The number of hydrogen-bond donors (Lipinski definition) is 1. The third-order valence-corrected chi connectivity index (χ3v) is 7.58. The summed E-state index contributed by atoms with van der Waals surface area (Å²) in [7, 11) is 4.34. The molecule has 1 N–H and O–H groups in total. The molecular formula is C27H31N5O. The minimum Gasteiger partial charge on any atom is -0.330 e. The molecule has 170 valence electrons. The molecule has 1 aliphatic carbocycles. The van der Waals surface area contributed by atoms with E-state index in [1.807, 2.05) is 42.3 Å². The number of pyridine rings is 2. The van der Waals surface area contributed by atoms with Gasteiger partial charge in [0.1, 0.15) is 0 Å². The van der Waals surface area contributed by atoms with Crippen LogP contribution in [0.1, 0.15) is 36.8 Å². The zero-order valence-corrected chi connectivity index (χ0v) is 19.6. The number of nitrogens with one attached hydrogen (secondary N) is 1. The SMILES string of the molecule is Cc1cc(-c2ccccn2)ncc1N1CC2(CCC(c3ccccc3)(N(C)C)CC2)NC1=O. The summed E-state index contributed by atoms with van der Waals surface area (Å²) in [6, 6.07) is 18.6. The van der Waals surface area contributed by atoms with Crippen molar-refractivity contribution in [2.45, 2.75) is 43.7 Å². The van der Waals surface area contributed by atoms with E-state index >= 15 is 0 Å². The summed E-state index contributed by atoms with van der Waals surface area (Å²) in [5.41, 5.74) is 4.72. The Kier molecular flexibility index (Phi) is 5.41. The molecule has 1 spiro atoms. The zero-order chi connectivity index (χ0) is 23.1. The van der Waals surface area contributed by atoms with Gasteiger partial charge >= 0.3 is 6.03 Å². The first-order valence-electron chi connectivity index (χ1n) is 11.6. The van der Waals surface area contributed by atoms with Gasteiger partial charge in [0.15, 0.2) is 0 Å². The molecule has 2 amide bonds. The van der Waals surface area contributed by atoms with Crippen molar-refractivity contribution in [1.82, 2.24) is 20.2 Å². The van der Waals surface area contributed by atoms with Gasteiger partial charge in [-0.1, -0.05) is 36.4 Å². The molecule has 1 saturated carbocycles. The van der Waals surface area contributed by atoms with Crippen molar-refractivity contribution in [3.05, 3.63) is 78.1 Å². The van der Waals surface area contributed by atoms with Gasteiger partial charge in [-0.05, 0) is 76.0 Å². The molecule has 1 aliphatic heterocycles.